The fourth-order valence-corrected chi connectivity index (χ4v) is 2.45. The van der Waals surface area contributed by atoms with Crippen LogP contribution in [0, 0.1) is 0 Å². The Morgan fingerprint density at radius 1 is 1.33 bits per heavy atom. The third-order valence-electron chi connectivity index (χ3n) is 3.01. The van der Waals surface area contributed by atoms with E-state index in [2.05, 4.69) is 6.07 Å². The predicted octanol–water partition coefficient (Wildman–Crippen LogP) is 2.77. The lowest BCUT2D eigenvalue weighted by atomic mass is 9.95. The monoisotopic (exact) mass is 224 g/mol. The van der Waals surface area contributed by atoms with E-state index >= 15 is 0 Å². The first-order chi connectivity index (χ1) is 7.33. The molecule has 0 radical (unpaired) electrons. The van der Waals surface area contributed by atoms with Crippen molar-refractivity contribution in [2.75, 3.05) is 6.61 Å². The van der Waals surface area contributed by atoms with Gasteiger partial charge in [0.25, 0.3) is 0 Å². The largest absolute Gasteiger partial charge is 0.489 e. The molecule has 1 heterocycles. The van der Waals surface area contributed by atoms with E-state index in [1.54, 1.807) is 0 Å². The van der Waals surface area contributed by atoms with Crippen molar-refractivity contribution in [2.45, 2.75) is 30.7 Å². The van der Waals surface area contributed by atoms with Gasteiger partial charge >= 0.3 is 0 Å². The number of rotatable bonds is 2. The molecule has 0 bridgehead atoms. The van der Waals surface area contributed by atoms with Gasteiger partial charge in [-0.15, -0.1) is 11.6 Å². The van der Waals surface area contributed by atoms with Crippen LogP contribution in [0.1, 0.15) is 18.4 Å². The van der Waals surface area contributed by atoms with Crippen LogP contribution in [-0.2, 0) is 6.42 Å². The first kappa shape index (κ1) is 9.34. The molecule has 3 heteroatoms. The zero-order valence-corrected chi connectivity index (χ0v) is 9.17. The van der Waals surface area contributed by atoms with Gasteiger partial charge in [0.2, 0.25) is 0 Å². The lowest BCUT2D eigenvalue weighted by Crippen LogP contribution is -2.34. The zero-order valence-electron chi connectivity index (χ0n) is 8.41. The quantitative estimate of drug-likeness (QED) is 0.720. The van der Waals surface area contributed by atoms with E-state index in [1.165, 1.54) is 5.56 Å². The Bertz CT molecular complexity index is 372. The van der Waals surface area contributed by atoms with Crippen LogP contribution in [-0.4, -0.2) is 18.1 Å². The van der Waals surface area contributed by atoms with Gasteiger partial charge < -0.3 is 9.47 Å². The fourth-order valence-electron chi connectivity index (χ4n) is 2.06. The molecule has 0 unspecified atom stereocenters. The zero-order chi connectivity index (χ0) is 10.3. The van der Waals surface area contributed by atoms with Gasteiger partial charge in [-0.2, -0.15) is 0 Å². The molecule has 0 saturated heterocycles. The highest BCUT2D eigenvalue weighted by molar-refractivity contribution is 6.21. The van der Waals surface area contributed by atoms with Crippen molar-refractivity contribution in [3.63, 3.8) is 0 Å². The third kappa shape index (κ3) is 1.67. The van der Waals surface area contributed by atoms with Crippen molar-refractivity contribution in [3.8, 4) is 11.5 Å². The Morgan fingerprint density at radius 3 is 3.00 bits per heavy atom. The second kappa shape index (κ2) is 3.60. The average Bonchev–Trinajstić information content (AvgIpc) is 2.64. The maximum atomic E-state index is 5.92. The van der Waals surface area contributed by atoms with Crippen molar-refractivity contribution in [3.05, 3.63) is 23.8 Å². The highest BCUT2D eigenvalue weighted by Gasteiger charge is 2.30. The summed E-state index contributed by atoms with van der Waals surface area (Å²) >= 11 is 5.92. The van der Waals surface area contributed by atoms with Gasteiger partial charge in [0.05, 0.1) is 6.61 Å². The summed E-state index contributed by atoms with van der Waals surface area (Å²) < 4.78 is 11.4. The second-order valence-corrected chi connectivity index (χ2v) is 4.77. The molecule has 15 heavy (non-hydrogen) atoms. The second-order valence-electron chi connectivity index (χ2n) is 4.15. The van der Waals surface area contributed by atoms with Crippen molar-refractivity contribution in [2.24, 2.45) is 0 Å². The van der Waals surface area contributed by atoms with Crippen LogP contribution in [0.2, 0.25) is 0 Å². The highest BCUT2D eigenvalue weighted by atomic mass is 35.5. The number of hydrogen-bond donors (Lipinski definition) is 0. The minimum Gasteiger partial charge on any atom is -0.489 e. The number of ether oxygens (including phenoxy) is 2. The van der Waals surface area contributed by atoms with Gasteiger partial charge in [-0.3, -0.25) is 0 Å². The van der Waals surface area contributed by atoms with Crippen LogP contribution in [0.25, 0.3) is 0 Å². The van der Waals surface area contributed by atoms with Gasteiger partial charge in [-0.25, -0.2) is 0 Å². The molecule has 0 N–H and O–H groups in total. The lowest BCUT2D eigenvalue weighted by molar-refractivity contribution is 0.119. The summed E-state index contributed by atoms with van der Waals surface area (Å²) in [6.45, 7) is 0.776. The van der Waals surface area contributed by atoms with E-state index in [1.807, 2.05) is 12.1 Å². The van der Waals surface area contributed by atoms with Crippen molar-refractivity contribution in [1.82, 2.24) is 0 Å². The summed E-state index contributed by atoms with van der Waals surface area (Å²) in [5.74, 6) is 1.83. The number of fused-ring (bicyclic) bond motifs is 1. The van der Waals surface area contributed by atoms with Crippen molar-refractivity contribution >= 4 is 11.6 Å². The Hall–Kier alpha value is -0.890. The maximum absolute atomic E-state index is 5.92. The number of hydrogen-bond acceptors (Lipinski definition) is 2. The predicted molar refractivity (Wildman–Crippen MR) is 58.9 cm³/mol. The molecule has 0 spiro atoms. The SMILES string of the molecule is ClC1CC(Oc2cccc3c2OCC3)C1. The molecule has 2 nitrogen and oxygen atoms in total. The summed E-state index contributed by atoms with van der Waals surface area (Å²) in [7, 11) is 0. The molecule has 1 aromatic carbocycles. The molecule has 0 amide bonds. The Morgan fingerprint density at radius 2 is 2.20 bits per heavy atom. The average molecular weight is 225 g/mol. The van der Waals surface area contributed by atoms with E-state index in [4.69, 9.17) is 21.1 Å². The molecule has 1 aliphatic heterocycles. The summed E-state index contributed by atoms with van der Waals surface area (Å²) in [4.78, 5) is 0. The number of para-hydroxylation sites is 1. The Balaban J connectivity index is 1.77. The molecule has 80 valence electrons. The van der Waals surface area contributed by atoms with Gasteiger partial charge in [0, 0.05) is 30.2 Å². The van der Waals surface area contributed by atoms with Crippen LogP contribution < -0.4 is 9.47 Å². The highest BCUT2D eigenvalue weighted by Crippen LogP contribution is 2.38. The van der Waals surface area contributed by atoms with Crippen LogP contribution in [0.5, 0.6) is 11.5 Å². The summed E-state index contributed by atoms with van der Waals surface area (Å²) in [6.07, 6.45) is 3.18. The molecule has 1 aliphatic carbocycles. The van der Waals surface area contributed by atoms with Gasteiger partial charge in [-0.05, 0) is 6.07 Å². The van der Waals surface area contributed by atoms with Crippen LogP contribution in [0.4, 0.5) is 0 Å². The lowest BCUT2D eigenvalue weighted by Gasteiger charge is -2.31. The van der Waals surface area contributed by atoms with Crippen molar-refractivity contribution < 1.29 is 9.47 Å². The van der Waals surface area contributed by atoms with E-state index in [0.29, 0.717) is 5.38 Å². The molecule has 0 atom stereocenters. The van der Waals surface area contributed by atoms with Crippen LogP contribution in [0.3, 0.4) is 0 Å². The smallest absolute Gasteiger partial charge is 0.164 e. The Kier molecular flexibility index (Phi) is 2.24. The van der Waals surface area contributed by atoms with E-state index in [9.17, 15) is 0 Å². The third-order valence-corrected chi connectivity index (χ3v) is 3.37. The minimum absolute atomic E-state index is 0.281. The minimum atomic E-state index is 0.281. The molecule has 1 fully saturated rings. The van der Waals surface area contributed by atoms with Gasteiger partial charge in [-0.1, -0.05) is 12.1 Å². The summed E-state index contributed by atoms with van der Waals surface area (Å²) in [5, 5.41) is 0.299. The number of halogens is 1. The summed E-state index contributed by atoms with van der Waals surface area (Å²) in [6, 6.07) is 6.10. The number of benzene rings is 1. The summed E-state index contributed by atoms with van der Waals surface area (Å²) in [5.41, 5.74) is 1.26. The van der Waals surface area contributed by atoms with Crippen LogP contribution in [0.15, 0.2) is 18.2 Å². The van der Waals surface area contributed by atoms with Gasteiger partial charge in [0.1, 0.15) is 6.10 Å². The van der Waals surface area contributed by atoms with E-state index in [0.717, 1.165) is 37.4 Å². The molecular weight excluding hydrogens is 212 g/mol. The van der Waals surface area contributed by atoms with Gasteiger partial charge in [0.15, 0.2) is 11.5 Å². The molecule has 1 aromatic rings. The Labute approximate surface area is 94.1 Å². The molecule has 0 aromatic heterocycles. The number of alkyl halides is 1. The fraction of sp³-hybridized carbons (Fsp3) is 0.500. The topological polar surface area (TPSA) is 18.5 Å². The first-order valence-electron chi connectivity index (χ1n) is 5.38. The molecule has 3 rings (SSSR count). The normalized spacial score (nSPS) is 27.8. The van der Waals surface area contributed by atoms with Crippen LogP contribution >= 0.6 is 11.6 Å². The molecule has 1 saturated carbocycles. The molecular formula is C12H13ClO2. The molecule has 2 aliphatic rings. The maximum Gasteiger partial charge on any atom is 0.164 e. The first-order valence-corrected chi connectivity index (χ1v) is 5.82. The standard InChI is InChI=1S/C12H13ClO2/c13-9-6-10(7-9)15-11-3-1-2-8-4-5-14-12(8)11/h1-3,9-10H,4-7H2. The van der Waals surface area contributed by atoms with E-state index < -0.39 is 0 Å². The van der Waals surface area contributed by atoms with Crippen molar-refractivity contribution in [1.29, 1.82) is 0 Å². The van der Waals surface area contributed by atoms with E-state index in [-0.39, 0.29) is 6.10 Å².